The smallest absolute Gasteiger partial charge is 0.0522 e. The molecule has 2 aromatic rings. The summed E-state index contributed by atoms with van der Waals surface area (Å²) < 4.78 is 1.83. The van der Waals surface area contributed by atoms with Gasteiger partial charge in [-0.05, 0) is 48.7 Å². The third-order valence-corrected chi connectivity index (χ3v) is 3.20. The van der Waals surface area contributed by atoms with Gasteiger partial charge in [-0.15, -0.1) is 0 Å². The van der Waals surface area contributed by atoms with Crippen LogP contribution in [-0.4, -0.2) is 16.3 Å². The number of nitrogens with zero attached hydrogens (tertiary/aromatic N) is 2. The van der Waals surface area contributed by atoms with Crippen molar-refractivity contribution in [2.45, 2.75) is 19.9 Å². The second kappa shape index (κ2) is 6.03. The van der Waals surface area contributed by atoms with E-state index in [1.165, 1.54) is 16.7 Å². The highest BCUT2D eigenvalue weighted by Gasteiger charge is 2.00. The van der Waals surface area contributed by atoms with Crippen molar-refractivity contribution in [3.63, 3.8) is 0 Å². The lowest BCUT2D eigenvalue weighted by Crippen LogP contribution is -2.17. The van der Waals surface area contributed by atoms with Crippen LogP contribution in [0.5, 0.6) is 0 Å². The first-order valence-corrected chi connectivity index (χ1v) is 6.46. The number of hydrogen-bond donors (Lipinski definition) is 1. The molecule has 0 spiro atoms. The molecule has 0 aliphatic carbocycles. The van der Waals surface area contributed by atoms with Gasteiger partial charge in [0, 0.05) is 24.8 Å². The maximum absolute atomic E-state index is 5.93. The molecule has 0 radical (unpaired) electrons. The summed E-state index contributed by atoms with van der Waals surface area (Å²) in [5, 5.41) is 8.39. The molecule has 4 heteroatoms. The summed E-state index contributed by atoms with van der Waals surface area (Å²) in [6.07, 6.45) is 4.96. The van der Waals surface area contributed by atoms with Crippen molar-refractivity contribution in [3.8, 4) is 0 Å². The average Bonchev–Trinajstić information content (AvgIpc) is 2.73. The van der Waals surface area contributed by atoms with Crippen molar-refractivity contribution in [1.29, 1.82) is 0 Å². The molecule has 0 fully saturated rings. The van der Waals surface area contributed by atoms with Gasteiger partial charge >= 0.3 is 0 Å². The van der Waals surface area contributed by atoms with Crippen molar-refractivity contribution >= 4 is 11.6 Å². The second-order valence-corrected chi connectivity index (χ2v) is 4.96. The molecule has 18 heavy (non-hydrogen) atoms. The lowest BCUT2D eigenvalue weighted by Gasteiger charge is -2.07. The molecule has 0 amide bonds. The Morgan fingerprint density at radius 3 is 2.89 bits per heavy atom. The molecular weight excluding hydrogens is 246 g/mol. The summed E-state index contributed by atoms with van der Waals surface area (Å²) in [6, 6.07) is 6.01. The number of rotatable bonds is 5. The highest BCUT2D eigenvalue weighted by molar-refractivity contribution is 6.30. The quantitative estimate of drug-likeness (QED) is 0.841. The molecule has 0 saturated heterocycles. The Morgan fingerprint density at radius 1 is 1.39 bits per heavy atom. The first-order valence-electron chi connectivity index (χ1n) is 6.08. The van der Waals surface area contributed by atoms with Gasteiger partial charge in [0.1, 0.15) is 0 Å². The van der Waals surface area contributed by atoms with E-state index in [4.69, 9.17) is 11.6 Å². The van der Waals surface area contributed by atoms with Crippen molar-refractivity contribution in [3.05, 3.63) is 52.3 Å². The van der Waals surface area contributed by atoms with Gasteiger partial charge in [-0.25, -0.2) is 0 Å². The first kappa shape index (κ1) is 13.1. The second-order valence-electron chi connectivity index (χ2n) is 4.52. The van der Waals surface area contributed by atoms with Gasteiger partial charge in [0.25, 0.3) is 0 Å². The maximum Gasteiger partial charge on any atom is 0.0522 e. The Morgan fingerprint density at radius 2 is 2.22 bits per heavy atom. The SMILES string of the molecule is Cc1cc(Cl)ccc1CNCCc1cnn(C)c1. The average molecular weight is 264 g/mol. The van der Waals surface area contributed by atoms with Crippen molar-refractivity contribution in [1.82, 2.24) is 15.1 Å². The third kappa shape index (κ3) is 3.59. The Kier molecular flexibility index (Phi) is 4.39. The van der Waals surface area contributed by atoms with E-state index < -0.39 is 0 Å². The molecule has 1 heterocycles. The fraction of sp³-hybridized carbons (Fsp3) is 0.357. The van der Waals surface area contributed by atoms with Crippen molar-refractivity contribution in [2.75, 3.05) is 6.54 Å². The molecular formula is C14H18ClN3. The summed E-state index contributed by atoms with van der Waals surface area (Å²) >= 11 is 5.93. The predicted molar refractivity (Wildman–Crippen MR) is 74.8 cm³/mol. The third-order valence-electron chi connectivity index (χ3n) is 2.97. The van der Waals surface area contributed by atoms with Crippen molar-refractivity contribution < 1.29 is 0 Å². The minimum atomic E-state index is 0.798. The van der Waals surface area contributed by atoms with Crippen LogP contribution in [0, 0.1) is 6.92 Å². The minimum Gasteiger partial charge on any atom is -0.312 e. The van der Waals surface area contributed by atoms with Gasteiger partial charge < -0.3 is 5.32 Å². The Balaban J connectivity index is 1.78. The largest absolute Gasteiger partial charge is 0.312 e. The van der Waals surface area contributed by atoms with E-state index in [1.807, 2.05) is 30.1 Å². The molecule has 96 valence electrons. The van der Waals surface area contributed by atoms with Gasteiger partial charge in [0.2, 0.25) is 0 Å². The molecule has 0 saturated carbocycles. The van der Waals surface area contributed by atoms with Gasteiger partial charge in [-0.1, -0.05) is 17.7 Å². The van der Waals surface area contributed by atoms with E-state index in [2.05, 4.69) is 29.6 Å². The van der Waals surface area contributed by atoms with E-state index in [0.717, 1.165) is 24.5 Å². The zero-order valence-electron chi connectivity index (χ0n) is 10.8. The van der Waals surface area contributed by atoms with Crippen LogP contribution in [0.15, 0.2) is 30.6 Å². The number of hydrogen-bond acceptors (Lipinski definition) is 2. The van der Waals surface area contributed by atoms with Crippen LogP contribution in [0.3, 0.4) is 0 Å². The highest BCUT2D eigenvalue weighted by Crippen LogP contribution is 2.14. The molecule has 0 aliphatic heterocycles. The van der Waals surface area contributed by atoms with Crippen LogP contribution in [-0.2, 0) is 20.0 Å². The van der Waals surface area contributed by atoms with Gasteiger partial charge in [0.15, 0.2) is 0 Å². The van der Waals surface area contributed by atoms with Gasteiger partial charge in [-0.2, -0.15) is 5.10 Å². The molecule has 1 N–H and O–H groups in total. The van der Waals surface area contributed by atoms with Crippen LogP contribution in [0.25, 0.3) is 0 Å². The van der Waals surface area contributed by atoms with Crippen LogP contribution >= 0.6 is 11.6 Å². The summed E-state index contributed by atoms with van der Waals surface area (Å²) in [7, 11) is 1.94. The number of aryl methyl sites for hydroxylation is 2. The molecule has 0 unspecified atom stereocenters. The number of nitrogens with one attached hydrogen (secondary N) is 1. The number of halogens is 1. The fourth-order valence-electron chi connectivity index (χ4n) is 1.91. The van der Waals surface area contributed by atoms with E-state index in [9.17, 15) is 0 Å². The fourth-order valence-corrected chi connectivity index (χ4v) is 2.14. The summed E-state index contributed by atoms with van der Waals surface area (Å²) in [5.74, 6) is 0. The zero-order valence-corrected chi connectivity index (χ0v) is 11.5. The van der Waals surface area contributed by atoms with Gasteiger partial charge in [-0.3, -0.25) is 4.68 Å². The summed E-state index contributed by atoms with van der Waals surface area (Å²) in [5.41, 5.74) is 3.79. The molecule has 3 nitrogen and oxygen atoms in total. The van der Waals surface area contributed by atoms with E-state index >= 15 is 0 Å². The molecule has 0 aliphatic rings. The number of aromatic nitrogens is 2. The summed E-state index contributed by atoms with van der Waals surface area (Å²) in [6.45, 7) is 3.92. The van der Waals surface area contributed by atoms with Crippen LogP contribution in [0.2, 0.25) is 5.02 Å². The van der Waals surface area contributed by atoms with Gasteiger partial charge in [0.05, 0.1) is 6.20 Å². The lowest BCUT2D eigenvalue weighted by molar-refractivity contribution is 0.684. The molecule has 1 aromatic carbocycles. The molecule has 2 rings (SSSR count). The Hall–Kier alpha value is -1.32. The van der Waals surface area contributed by atoms with E-state index in [0.29, 0.717) is 0 Å². The normalized spacial score (nSPS) is 10.8. The maximum atomic E-state index is 5.93. The lowest BCUT2D eigenvalue weighted by atomic mass is 10.1. The highest BCUT2D eigenvalue weighted by atomic mass is 35.5. The van der Waals surface area contributed by atoms with Crippen LogP contribution in [0.1, 0.15) is 16.7 Å². The van der Waals surface area contributed by atoms with Crippen LogP contribution in [0.4, 0.5) is 0 Å². The minimum absolute atomic E-state index is 0.798. The molecule has 0 atom stereocenters. The molecule has 0 bridgehead atoms. The topological polar surface area (TPSA) is 29.9 Å². The van der Waals surface area contributed by atoms with E-state index in [-0.39, 0.29) is 0 Å². The van der Waals surface area contributed by atoms with Crippen molar-refractivity contribution in [2.24, 2.45) is 7.05 Å². The molecule has 1 aromatic heterocycles. The first-order chi connectivity index (χ1) is 8.65. The Labute approximate surface area is 113 Å². The Bertz CT molecular complexity index is 520. The van der Waals surface area contributed by atoms with Crippen LogP contribution < -0.4 is 5.32 Å². The zero-order chi connectivity index (χ0) is 13.0. The predicted octanol–water partition coefficient (Wildman–Crippen LogP) is 2.71. The van der Waals surface area contributed by atoms with E-state index in [1.54, 1.807) is 0 Å². The number of benzene rings is 1. The summed E-state index contributed by atoms with van der Waals surface area (Å²) in [4.78, 5) is 0. The monoisotopic (exact) mass is 263 g/mol. The standard InChI is InChI=1S/C14H18ClN3/c1-11-7-14(15)4-3-13(11)9-16-6-5-12-8-17-18(2)10-12/h3-4,7-8,10,16H,5-6,9H2,1-2H3.